The summed E-state index contributed by atoms with van der Waals surface area (Å²) in [6.45, 7) is 12.6. The fourth-order valence-electron chi connectivity index (χ4n) is 7.13. The van der Waals surface area contributed by atoms with Crippen LogP contribution < -0.4 is 0 Å². The topological polar surface area (TPSA) is 121 Å². The van der Waals surface area contributed by atoms with Gasteiger partial charge in [-0.2, -0.15) is 0 Å². The highest BCUT2D eigenvalue weighted by molar-refractivity contribution is 5.53. The number of phenolic OH excluding ortho intramolecular Hbond substituents is 6. The molecule has 6 heteroatoms. The maximum atomic E-state index is 11.0. The molecule has 6 aromatic rings. The quantitative estimate of drug-likeness (QED) is 0.0843. The van der Waals surface area contributed by atoms with Gasteiger partial charge in [0.1, 0.15) is 34.5 Å². The molecule has 0 unspecified atom stereocenters. The molecule has 0 saturated carbocycles. The average molecular weight is 709 g/mol. The predicted octanol–water partition coefficient (Wildman–Crippen LogP) is 10.1. The van der Waals surface area contributed by atoms with Crippen molar-refractivity contribution in [3.05, 3.63) is 177 Å². The number of hydrogen-bond acceptors (Lipinski definition) is 6. The average Bonchev–Trinajstić information content (AvgIpc) is 3.12. The van der Waals surface area contributed by atoms with Crippen LogP contribution in [0.15, 0.2) is 121 Å². The van der Waals surface area contributed by atoms with Crippen LogP contribution in [0.3, 0.4) is 0 Å². The lowest BCUT2D eigenvalue weighted by molar-refractivity contribution is 0.461. The van der Waals surface area contributed by atoms with Gasteiger partial charge < -0.3 is 30.6 Å². The van der Waals surface area contributed by atoms with Gasteiger partial charge in [0.05, 0.1) is 0 Å². The fraction of sp³-hybridized carbons (Fsp3) is 0.234. The molecule has 0 radical (unpaired) electrons. The van der Waals surface area contributed by atoms with Crippen molar-refractivity contribution in [3.63, 3.8) is 0 Å². The van der Waals surface area contributed by atoms with E-state index < -0.39 is 16.2 Å². The summed E-state index contributed by atoms with van der Waals surface area (Å²) >= 11 is 0. The van der Waals surface area contributed by atoms with Gasteiger partial charge in [-0.15, -0.1) is 0 Å². The Morgan fingerprint density at radius 3 is 0.755 bits per heavy atom. The normalized spacial score (nSPS) is 12.2. The van der Waals surface area contributed by atoms with Crippen molar-refractivity contribution in [2.24, 2.45) is 0 Å². The fourth-order valence-corrected chi connectivity index (χ4v) is 7.13. The van der Waals surface area contributed by atoms with Crippen LogP contribution in [0.1, 0.15) is 97.2 Å². The van der Waals surface area contributed by atoms with Gasteiger partial charge in [0.15, 0.2) is 0 Å². The first-order valence-electron chi connectivity index (χ1n) is 17.9. The van der Waals surface area contributed by atoms with E-state index in [0.29, 0.717) is 35.1 Å². The molecule has 0 fully saturated rings. The van der Waals surface area contributed by atoms with Crippen LogP contribution >= 0.6 is 0 Å². The molecule has 0 aliphatic carbocycles. The highest BCUT2D eigenvalue weighted by Gasteiger charge is 2.28. The molecular weight excluding hydrogens is 661 g/mol. The van der Waals surface area contributed by atoms with E-state index >= 15 is 0 Å². The maximum absolute atomic E-state index is 11.0. The van der Waals surface area contributed by atoms with Crippen molar-refractivity contribution in [1.29, 1.82) is 0 Å². The lowest BCUT2D eigenvalue weighted by atomic mass is 9.76. The molecule has 0 atom stereocenters. The van der Waals surface area contributed by atoms with E-state index in [-0.39, 0.29) is 34.5 Å². The van der Waals surface area contributed by atoms with Gasteiger partial charge in [-0.3, -0.25) is 0 Å². The van der Waals surface area contributed by atoms with E-state index in [1.165, 1.54) is 0 Å². The van der Waals surface area contributed by atoms with Crippen LogP contribution in [0.5, 0.6) is 34.5 Å². The molecule has 0 saturated heterocycles. The number of hydrogen-bond donors (Lipinski definition) is 6. The Bertz CT molecular complexity index is 2100. The molecule has 0 heterocycles. The number of phenols is 6. The van der Waals surface area contributed by atoms with Gasteiger partial charge in [0, 0.05) is 29.1 Å². The Morgan fingerprint density at radius 1 is 0.302 bits per heavy atom. The summed E-state index contributed by atoms with van der Waals surface area (Å²) in [4.78, 5) is 0. The van der Waals surface area contributed by atoms with Gasteiger partial charge in [0.2, 0.25) is 0 Å². The third kappa shape index (κ3) is 7.40. The molecule has 6 nitrogen and oxygen atoms in total. The molecule has 6 rings (SSSR count). The molecule has 53 heavy (non-hydrogen) atoms. The molecule has 0 aliphatic rings. The van der Waals surface area contributed by atoms with Crippen molar-refractivity contribution in [2.75, 3.05) is 0 Å². The Labute approximate surface area is 311 Å². The van der Waals surface area contributed by atoms with Gasteiger partial charge in [-0.05, 0) is 104 Å². The second kappa shape index (κ2) is 13.9. The third-order valence-electron chi connectivity index (χ3n) is 11.1. The SMILES string of the molecule is CC(C)(c1ccc(O)cc1)c1ccc(O)c(Cc2cc(C(C)(C)c3ccc(O)c(Cc4cc(C(C)(C)c5ccc(O)cc5)ccc4O)c3)ccc2O)c1. The first kappa shape index (κ1) is 36.9. The summed E-state index contributed by atoms with van der Waals surface area (Å²) in [6, 6.07) is 36.5. The number of aromatic hydroxyl groups is 6. The Balaban J connectivity index is 1.29. The van der Waals surface area contributed by atoms with Crippen molar-refractivity contribution in [1.82, 2.24) is 0 Å². The smallest absolute Gasteiger partial charge is 0.119 e. The zero-order valence-electron chi connectivity index (χ0n) is 31.1. The molecule has 0 aliphatic heterocycles. The van der Waals surface area contributed by atoms with Gasteiger partial charge in [0.25, 0.3) is 0 Å². The van der Waals surface area contributed by atoms with E-state index in [2.05, 4.69) is 41.5 Å². The first-order valence-corrected chi connectivity index (χ1v) is 17.9. The van der Waals surface area contributed by atoms with Crippen molar-refractivity contribution in [2.45, 2.75) is 70.6 Å². The molecule has 0 amide bonds. The Kier molecular flexibility index (Phi) is 9.69. The van der Waals surface area contributed by atoms with Crippen LogP contribution in [-0.4, -0.2) is 30.6 Å². The van der Waals surface area contributed by atoms with Crippen molar-refractivity contribution in [3.8, 4) is 34.5 Å². The summed E-state index contributed by atoms with van der Waals surface area (Å²) in [6.07, 6.45) is 0.607. The van der Waals surface area contributed by atoms with Gasteiger partial charge >= 0.3 is 0 Å². The zero-order valence-corrected chi connectivity index (χ0v) is 31.1. The maximum Gasteiger partial charge on any atom is 0.119 e. The third-order valence-corrected chi connectivity index (χ3v) is 11.1. The highest BCUT2D eigenvalue weighted by Crippen LogP contribution is 2.40. The second-order valence-electron chi connectivity index (χ2n) is 15.7. The summed E-state index contributed by atoms with van der Waals surface area (Å²) in [7, 11) is 0. The summed E-state index contributed by atoms with van der Waals surface area (Å²) < 4.78 is 0. The monoisotopic (exact) mass is 708 g/mol. The van der Waals surface area contributed by atoms with Crippen LogP contribution in [0.25, 0.3) is 0 Å². The lowest BCUT2D eigenvalue weighted by Gasteiger charge is -2.28. The standard InChI is InChI=1S/C47H48O6/c1-45(2,33-7-15-39(48)16-8-33)35-11-19-41(50)29(25-35)23-31-27-37(13-21-43(31)52)47(5,6)38-14-22-44(53)32(28-38)24-30-26-36(12-20-42(30)51)46(3,4)34-9-17-40(49)18-10-34/h7-22,25-28,48-53H,23-24H2,1-6H3. The molecule has 6 aromatic carbocycles. The molecule has 0 spiro atoms. The molecule has 0 bridgehead atoms. The van der Waals surface area contributed by atoms with Crippen LogP contribution in [-0.2, 0) is 29.1 Å². The minimum absolute atomic E-state index is 0.129. The largest absolute Gasteiger partial charge is 0.508 e. The minimum atomic E-state index is -0.541. The predicted molar refractivity (Wildman–Crippen MR) is 211 cm³/mol. The zero-order chi connectivity index (χ0) is 38.3. The van der Waals surface area contributed by atoms with E-state index in [4.69, 9.17) is 0 Å². The molecule has 6 N–H and O–H groups in total. The lowest BCUT2D eigenvalue weighted by Crippen LogP contribution is -2.20. The molecule has 0 aromatic heterocycles. The Morgan fingerprint density at radius 2 is 0.509 bits per heavy atom. The number of rotatable bonds is 10. The summed E-state index contributed by atoms with van der Waals surface area (Å²) in [5.41, 5.74) is 7.27. The van der Waals surface area contributed by atoms with Crippen LogP contribution in [0, 0.1) is 0 Å². The van der Waals surface area contributed by atoms with Gasteiger partial charge in [-0.1, -0.05) is 114 Å². The van der Waals surface area contributed by atoms with Gasteiger partial charge in [-0.25, -0.2) is 0 Å². The second-order valence-corrected chi connectivity index (χ2v) is 15.7. The van der Waals surface area contributed by atoms with E-state index in [1.54, 1.807) is 48.5 Å². The van der Waals surface area contributed by atoms with E-state index in [1.807, 2.05) is 72.8 Å². The van der Waals surface area contributed by atoms with Crippen LogP contribution in [0.2, 0.25) is 0 Å². The molecule has 272 valence electrons. The first-order chi connectivity index (χ1) is 25.0. The highest BCUT2D eigenvalue weighted by atomic mass is 16.3. The summed E-state index contributed by atoms with van der Waals surface area (Å²) in [5.74, 6) is 0.944. The minimum Gasteiger partial charge on any atom is -0.508 e. The Hall–Kier alpha value is -5.88. The summed E-state index contributed by atoms with van der Waals surface area (Å²) in [5, 5.41) is 63.5. The van der Waals surface area contributed by atoms with E-state index in [0.717, 1.165) is 33.4 Å². The molecular formula is C47H48O6. The van der Waals surface area contributed by atoms with Crippen LogP contribution in [0.4, 0.5) is 0 Å². The van der Waals surface area contributed by atoms with Crippen molar-refractivity contribution >= 4 is 0 Å². The van der Waals surface area contributed by atoms with E-state index in [9.17, 15) is 30.6 Å². The number of benzene rings is 6. The van der Waals surface area contributed by atoms with Crippen molar-refractivity contribution < 1.29 is 30.6 Å².